The van der Waals surface area contributed by atoms with Gasteiger partial charge in [0.25, 0.3) is 0 Å². The molecule has 0 aliphatic carbocycles. The quantitative estimate of drug-likeness (QED) is 0.848. The minimum atomic E-state index is -2.82. The van der Waals surface area contributed by atoms with E-state index in [4.69, 9.17) is 0 Å². The van der Waals surface area contributed by atoms with Crippen LogP contribution in [0.2, 0.25) is 0 Å². The molecule has 1 amide bonds. The summed E-state index contributed by atoms with van der Waals surface area (Å²) in [6.07, 6.45) is 3.04. The second-order valence-corrected chi connectivity index (χ2v) is 5.58. The van der Waals surface area contributed by atoms with Gasteiger partial charge >= 0.3 is 6.61 Å². The van der Waals surface area contributed by atoms with Crippen LogP contribution in [0.25, 0.3) is 0 Å². The Kier molecular flexibility index (Phi) is 6.12. The predicted octanol–water partition coefficient (Wildman–Crippen LogP) is 2.48. The van der Waals surface area contributed by atoms with Gasteiger partial charge in [-0.2, -0.15) is 8.78 Å². The normalized spacial score (nSPS) is 21.6. The van der Waals surface area contributed by atoms with Gasteiger partial charge in [0.2, 0.25) is 5.91 Å². The summed E-state index contributed by atoms with van der Waals surface area (Å²) in [6, 6.07) is 6.87. The summed E-state index contributed by atoms with van der Waals surface area (Å²) in [4.78, 5) is 12.0. The molecule has 2 N–H and O–H groups in total. The van der Waals surface area contributed by atoms with Gasteiger partial charge in [-0.15, -0.1) is 0 Å². The van der Waals surface area contributed by atoms with Crippen molar-refractivity contribution in [2.75, 3.05) is 6.54 Å². The topological polar surface area (TPSA) is 50.4 Å². The lowest BCUT2D eigenvalue weighted by molar-refractivity contribution is -0.122. The van der Waals surface area contributed by atoms with Crippen molar-refractivity contribution in [3.05, 3.63) is 29.8 Å². The fourth-order valence-corrected chi connectivity index (χ4v) is 2.62. The summed E-state index contributed by atoms with van der Waals surface area (Å²) in [7, 11) is 0. The molecule has 0 radical (unpaired) electrons. The number of benzene rings is 1. The van der Waals surface area contributed by atoms with E-state index in [0.717, 1.165) is 24.9 Å². The Labute approximate surface area is 129 Å². The standard InChI is InChI=1S/C16H22F2N2O2/c1-11-14(3-2-10-19-11)20-15(21)9-6-12-4-7-13(8-5-12)22-16(17)18/h4-5,7-8,11,14,16,19H,2-3,6,9-10H2,1H3,(H,20,21). The molecule has 1 saturated heterocycles. The zero-order valence-electron chi connectivity index (χ0n) is 12.6. The number of aryl methyl sites for hydroxylation is 1. The summed E-state index contributed by atoms with van der Waals surface area (Å²) in [6.45, 7) is 0.259. The van der Waals surface area contributed by atoms with E-state index in [9.17, 15) is 13.6 Å². The van der Waals surface area contributed by atoms with E-state index in [1.807, 2.05) is 0 Å². The first-order valence-corrected chi connectivity index (χ1v) is 7.61. The number of rotatable bonds is 6. The van der Waals surface area contributed by atoms with Gasteiger partial charge in [0.05, 0.1) is 0 Å². The van der Waals surface area contributed by atoms with Crippen LogP contribution in [0.3, 0.4) is 0 Å². The van der Waals surface area contributed by atoms with Crippen LogP contribution in [0.1, 0.15) is 31.7 Å². The van der Waals surface area contributed by atoms with Gasteiger partial charge < -0.3 is 15.4 Å². The van der Waals surface area contributed by atoms with Gasteiger partial charge in [-0.3, -0.25) is 4.79 Å². The zero-order chi connectivity index (χ0) is 15.9. The highest BCUT2D eigenvalue weighted by Crippen LogP contribution is 2.16. The second kappa shape index (κ2) is 8.08. The van der Waals surface area contributed by atoms with E-state index < -0.39 is 6.61 Å². The van der Waals surface area contributed by atoms with Crippen LogP contribution < -0.4 is 15.4 Å². The lowest BCUT2D eigenvalue weighted by Gasteiger charge is -2.30. The molecule has 22 heavy (non-hydrogen) atoms. The molecule has 1 heterocycles. The molecule has 4 nitrogen and oxygen atoms in total. The number of carbonyl (C=O) groups excluding carboxylic acids is 1. The maximum Gasteiger partial charge on any atom is 0.387 e. The van der Waals surface area contributed by atoms with Crippen molar-refractivity contribution in [2.45, 2.75) is 51.3 Å². The average molecular weight is 312 g/mol. The third-order valence-corrected chi connectivity index (χ3v) is 3.90. The molecule has 0 bridgehead atoms. The average Bonchev–Trinajstić information content (AvgIpc) is 2.48. The number of alkyl halides is 2. The van der Waals surface area contributed by atoms with E-state index in [2.05, 4.69) is 22.3 Å². The van der Waals surface area contributed by atoms with Crippen LogP contribution >= 0.6 is 0 Å². The van der Waals surface area contributed by atoms with Crippen molar-refractivity contribution >= 4 is 5.91 Å². The number of hydrogen-bond acceptors (Lipinski definition) is 3. The number of carbonyl (C=O) groups is 1. The van der Waals surface area contributed by atoms with Gasteiger partial charge in [0, 0.05) is 18.5 Å². The Morgan fingerprint density at radius 3 is 2.77 bits per heavy atom. The monoisotopic (exact) mass is 312 g/mol. The highest BCUT2D eigenvalue weighted by molar-refractivity contribution is 5.76. The van der Waals surface area contributed by atoms with E-state index in [1.165, 1.54) is 12.1 Å². The number of hydrogen-bond donors (Lipinski definition) is 2. The molecule has 6 heteroatoms. The third kappa shape index (κ3) is 5.26. The van der Waals surface area contributed by atoms with E-state index in [1.54, 1.807) is 12.1 Å². The Morgan fingerprint density at radius 1 is 1.41 bits per heavy atom. The molecule has 0 spiro atoms. The molecule has 1 aliphatic rings. The van der Waals surface area contributed by atoms with Crippen molar-refractivity contribution in [3.8, 4) is 5.75 Å². The maximum absolute atomic E-state index is 12.0. The fourth-order valence-electron chi connectivity index (χ4n) is 2.62. The molecular formula is C16H22F2N2O2. The van der Waals surface area contributed by atoms with Crippen molar-refractivity contribution in [3.63, 3.8) is 0 Å². The second-order valence-electron chi connectivity index (χ2n) is 5.58. The lowest BCUT2D eigenvalue weighted by Crippen LogP contribution is -2.51. The van der Waals surface area contributed by atoms with Gasteiger partial charge in [-0.05, 0) is 50.4 Å². The van der Waals surface area contributed by atoms with Crippen molar-refractivity contribution in [2.24, 2.45) is 0 Å². The fraction of sp³-hybridized carbons (Fsp3) is 0.562. The third-order valence-electron chi connectivity index (χ3n) is 3.90. The first-order chi connectivity index (χ1) is 10.5. The summed E-state index contributed by atoms with van der Waals surface area (Å²) < 4.78 is 28.4. The number of nitrogens with one attached hydrogen (secondary N) is 2. The first-order valence-electron chi connectivity index (χ1n) is 7.61. The van der Waals surface area contributed by atoms with E-state index in [0.29, 0.717) is 18.9 Å². The minimum absolute atomic E-state index is 0.0217. The van der Waals surface area contributed by atoms with E-state index >= 15 is 0 Å². The molecule has 2 rings (SSSR count). The number of amides is 1. The molecule has 2 unspecified atom stereocenters. The first kappa shape index (κ1) is 16.7. The lowest BCUT2D eigenvalue weighted by atomic mass is 9.99. The van der Waals surface area contributed by atoms with Gasteiger partial charge in [0.15, 0.2) is 0 Å². The smallest absolute Gasteiger partial charge is 0.387 e. The van der Waals surface area contributed by atoms with Crippen molar-refractivity contribution in [1.29, 1.82) is 0 Å². The van der Waals surface area contributed by atoms with Crippen LogP contribution in [0.15, 0.2) is 24.3 Å². The molecular weight excluding hydrogens is 290 g/mol. The van der Waals surface area contributed by atoms with Crippen LogP contribution in [0.5, 0.6) is 5.75 Å². The summed E-state index contributed by atoms with van der Waals surface area (Å²) in [5, 5.41) is 6.39. The Hall–Kier alpha value is -1.69. The van der Waals surface area contributed by atoms with Gasteiger partial charge in [0.1, 0.15) is 5.75 Å². The van der Waals surface area contributed by atoms with Gasteiger partial charge in [-0.25, -0.2) is 0 Å². The largest absolute Gasteiger partial charge is 0.435 e. The number of piperidine rings is 1. The number of halogens is 2. The maximum atomic E-state index is 12.0. The molecule has 1 fully saturated rings. The predicted molar refractivity (Wildman–Crippen MR) is 80.0 cm³/mol. The van der Waals surface area contributed by atoms with Crippen molar-refractivity contribution < 1.29 is 18.3 Å². The minimum Gasteiger partial charge on any atom is -0.435 e. The van der Waals surface area contributed by atoms with Crippen LogP contribution in [0.4, 0.5) is 8.78 Å². The molecule has 0 saturated carbocycles. The molecule has 2 atom stereocenters. The Morgan fingerprint density at radius 2 is 2.14 bits per heavy atom. The molecule has 122 valence electrons. The highest BCUT2D eigenvalue weighted by Gasteiger charge is 2.21. The van der Waals surface area contributed by atoms with Crippen LogP contribution in [0, 0.1) is 0 Å². The summed E-state index contributed by atoms with van der Waals surface area (Å²) in [5.41, 5.74) is 0.923. The van der Waals surface area contributed by atoms with Crippen LogP contribution in [-0.4, -0.2) is 31.1 Å². The zero-order valence-corrected chi connectivity index (χ0v) is 12.6. The molecule has 1 aromatic rings. The summed E-state index contributed by atoms with van der Waals surface area (Å²) >= 11 is 0. The molecule has 1 aliphatic heterocycles. The van der Waals surface area contributed by atoms with Gasteiger partial charge in [-0.1, -0.05) is 12.1 Å². The van der Waals surface area contributed by atoms with Crippen molar-refractivity contribution in [1.82, 2.24) is 10.6 Å². The SMILES string of the molecule is CC1NCCCC1NC(=O)CCc1ccc(OC(F)F)cc1. The van der Waals surface area contributed by atoms with Crippen LogP contribution in [-0.2, 0) is 11.2 Å². The van der Waals surface area contributed by atoms with E-state index in [-0.39, 0.29) is 17.7 Å². The Balaban J connectivity index is 1.76. The summed E-state index contributed by atoms with van der Waals surface area (Å²) in [5.74, 6) is 0.152. The molecule has 1 aromatic carbocycles. The Bertz CT molecular complexity index is 480. The highest BCUT2D eigenvalue weighted by atomic mass is 19.3. The molecule has 0 aromatic heterocycles. The number of ether oxygens (including phenoxy) is 1.